The molecule has 4 rings (SSSR count). The summed E-state index contributed by atoms with van der Waals surface area (Å²) >= 11 is 0. The minimum absolute atomic E-state index is 0.0477. The number of ketones is 1. The van der Waals surface area contributed by atoms with Crippen LogP contribution in [0.1, 0.15) is 60.8 Å². The number of carbonyl (C=O) groups is 1. The average Bonchev–Trinajstić information content (AvgIpc) is 3.15. The van der Waals surface area contributed by atoms with E-state index in [-0.39, 0.29) is 22.3 Å². The molecule has 0 N–H and O–H groups in total. The van der Waals surface area contributed by atoms with Gasteiger partial charge in [0.1, 0.15) is 5.78 Å². The standard InChI is InChI=1S/C30H40O2Si/c1-22-24(20-30(6)19-13-18-27(30)28(22)23(2)31)21-32-33(29(3,4)5,25-14-9-7-10-15-25)26-16-11-8-12-17-26/h7-12,14-17,20,22,27-28H,13,18-19,21H2,1-6H3/t22-,27-,28-,30+/m1/s1. The number of fused-ring (bicyclic) bond motifs is 1. The van der Waals surface area contributed by atoms with Crippen molar-refractivity contribution in [2.24, 2.45) is 23.2 Å². The smallest absolute Gasteiger partial charge is 0.261 e. The third kappa shape index (κ3) is 4.19. The van der Waals surface area contributed by atoms with Crippen LogP contribution in [0.5, 0.6) is 0 Å². The van der Waals surface area contributed by atoms with Gasteiger partial charge in [0.05, 0.1) is 6.61 Å². The van der Waals surface area contributed by atoms with Crippen LogP contribution in [0.2, 0.25) is 5.04 Å². The zero-order chi connectivity index (χ0) is 23.9. The summed E-state index contributed by atoms with van der Waals surface area (Å²) in [5.74, 6) is 1.16. The first-order chi connectivity index (χ1) is 15.6. The van der Waals surface area contributed by atoms with Crippen LogP contribution >= 0.6 is 0 Å². The highest BCUT2D eigenvalue weighted by Gasteiger charge is 2.52. The van der Waals surface area contributed by atoms with E-state index in [1.54, 1.807) is 6.92 Å². The fraction of sp³-hybridized carbons (Fsp3) is 0.500. The molecular weight excluding hydrogens is 420 g/mol. The van der Waals surface area contributed by atoms with E-state index in [0.717, 1.165) is 0 Å². The molecule has 2 nitrogen and oxygen atoms in total. The molecule has 3 heteroatoms. The molecule has 176 valence electrons. The first-order valence-corrected chi connectivity index (χ1v) is 14.5. The maximum atomic E-state index is 12.8. The monoisotopic (exact) mass is 460 g/mol. The zero-order valence-corrected chi connectivity index (χ0v) is 22.2. The quantitative estimate of drug-likeness (QED) is 0.382. The molecule has 0 radical (unpaired) electrons. The molecule has 33 heavy (non-hydrogen) atoms. The van der Waals surface area contributed by atoms with Gasteiger partial charge in [-0.15, -0.1) is 0 Å². The van der Waals surface area contributed by atoms with Crippen molar-refractivity contribution < 1.29 is 9.22 Å². The summed E-state index contributed by atoms with van der Waals surface area (Å²) in [5.41, 5.74) is 1.44. The van der Waals surface area contributed by atoms with E-state index >= 15 is 0 Å². The molecular formula is C30H40O2Si. The molecule has 0 unspecified atom stereocenters. The Bertz CT molecular complexity index is 965. The van der Waals surface area contributed by atoms with Gasteiger partial charge in [0.2, 0.25) is 0 Å². The van der Waals surface area contributed by atoms with E-state index in [4.69, 9.17) is 4.43 Å². The molecule has 2 aliphatic carbocycles. The number of benzene rings is 2. The molecule has 0 heterocycles. The molecule has 1 saturated carbocycles. The van der Waals surface area contributed by atoms with Gasteiger partial charge in [0, 0.05) is 5.92 Å². The second-order valence-corrected chi connectivity index (χ2v) is 15.9. The molecule has 2 aromatic rings. The van der Waals surface area contributed by atoms with Crippen LogP contribution in [-0.4, -0.2) is 20.7 Å². The van der Waals surface area contributed by atoms with Crippen molar-refractivity contribution in [2.75, 3.05) is 6.61 Å². The molecule has 2 aromatic carbocycles. The first-order valence-electron chi connectivity index (χ1n) is 12.6. The van der Waals surface area contributed by atoms with Gasteiger partial charge in [-0.3, -0.25) is 4.79 Å². The van der Waals surface area contributed by atoms with Crippen molar-refractivity contribution in [1.82, 2.24) is 0 Å². The summed E-state index contributed by atoms with van der Waals surface area (Å²) in [7, 11) is -2.60. The van der Waals surface area contributed by atoms with Gasteiger partial charge < -0.3 is 4.43 Å². The Morgan fingerprint density at radius 3 is 2.06 bits per heavy atom. The number of Topliss-reactive ketones (excluding diaryl/α,β-unsaturated/α-hetero) is 1. The number of carbonyl (C=O) groups excluding carboxylic acids is 1. The first kappa shape index (κ1) is 24.2. The lowest BCUT2D eigenvalue weighted by Gasteiger charge is -2.46. The Hall–Kier alpha value is -1.97. The van der Waals surface area contributed by atoms with Crippen LogP contribution in [0.25, 0.3) is 0 Å². The lowest BCUT2D eigenvalue weighted by molar-refractivity contribution is -0.125. The second-order valence-electron chi connectivity index (χ2n) is 11.6. The van der Waals surface area contributed by atoms with E-state index in [1.807, 2.05) is 0 Å². The maximum Gasteiger partial charge on any atom is 0.261 e. The van der Waals surface area contributed by atoms with Gasteiger partial charge in [0.25, 0.3) is 8.32 Å². The normalized spacial score (nSPS) is 27.7. The minimum Gasteiger partial charge on any atom is -0.403 e. The summed E-state index contributed by atoms with van der Waals surface area (Å²) in [6, 6.07) is 21.7. The maximum absolute atomic E-state index is 12.8. The van der Waals surface area contributed by atoms with Gasteiger partial charge in [0.15, 0.2) is 0 Å². The second kappa shape index (κ2) is 9.00. The lowest BCUT2D eigenvalue weighted by Crippen LogP contribution is -2.66. The molecule has 1 fully saturated rings. The molecule has 0 aromatic heterocycles. The van der Waals surface area contributed by atoms with Crippen molar-refractivity contribution >= 4 is 24.5 Å². The predicted octanol–water partition coefficient (Wildman–Crippen LogP) is 6.15. The molecule has 0 bridgehead atoms. The fourth-order valence-electron chi connectivity index (χ4n) is 6.88. The summed E-state index contributed by atoms with van der Waals surface area (Å²) in [6.45, 7) is 14.0. The van der Waals surface area contributed by atoms with E-state index in [1.165, 1.54) is 35.2 Å². The van der Waals surface area contributed by atoms with Gasteiger partial charge in [-0.2, -0.15) is 0 Å². The van der Waals surface area contributed by atoms with Crippen molar-refractivity contribution in [2.45, 2.75) is 65.8 Å². The third-order valence-corrected chi connectivity index (χ3v) is 13.5. The van der Waals surface area contributed by atoms with Crippen LogP contribution in [0, 0.1) is 23.2 Å². The zero-order valence-electron chi connectivity index (χ0n) is 21.2. The SMILES string of the molecule is CC(=O)[C@H]1[C@H](C)C(CO[Si](c2ccccc2)(c2ccccc2)C(C)(C)C)=C[C@]2(C)CCC[C@H]12. The Balaban J connectivity index is 1.78. The summed E-state index contributed by atoms with van der Waals surface area (Å²) in [5, 5.41) is 2.56. The predicted molar refractivity (Wildman–Crippen MR) is 140 cm³/mol. The molecule has 0 aliphatic heterocycles. The average molecular weight is 461 g/mol. The van der Waals surface area contributed by atoms with Crippen molar-refractivity contribution in [3.63, 3.8) is 0 Å². The van der Waals surface area contributed by atoms with E-state index in [9.17, 15) is 4.79 Å². The van der Waals surface area contributed by atoms with Gasteiger partial charge in [-0.25, -0.2) is 0 Å². The Morgan fingerprint density at radius 1 is 1.03 bits per heavy atom. The van der Waals surface area contributed by atoms with Gasteiger partial charge in [-0.05, 0) is 58.0 Å². The largest absolute Gasteiger partial charge is 0.403 e. The summed E-state index contributed by atoms with van der Waals surface area (Å²) < 4.78 is 7.26. The summed E-state index contributed by atoms with van der Waals surface area (Å²) in [6.07, 6.45) is 6.07. The van der Waals surface area contributed by atoms with Crippen LogP contribution < -0.4 is 10.4 Å². The molecule has 0 spiro atoms. The number of hydrogen-bond donors (Lipinski definition) is 0. The van der Waals surface area contributed by atoms with Gasteiger partial charge >= 0.3 is 0 Å². The van der Waals surface area contributed by atoms with Crippen LogP contribution in [0.15, 0.2) is 72.3 Å². The minimum atomic E-state index is -2.60. The Morgan fingerprint density at radius 2 is 1.58 bits per heavy atom. The number of allylic oxidation sites excluding steroid dienone is 1. The molecule has 4 atom stereocenters. The number of hydrogen-bond acceptors (Lipinski definition) is 2. The van der Waals surface area contributed by atoms with E-state index in [0.29, 0.717) is 18.3 Å². The topological polar surface area (TPSA) is 26.3 Å². The van der Waals surface area contributed by atoms with Crippen molar-refractivity contribution in [3.05, 3.63) is 72.3 Å². The fourth-order valence-corrected chi connectivity index (χ4v) is 11.4. The third-order valence-electron chi connectivity index (χ3n) is 8.49. The van der Waals surface area contributed by atoms with Gasteiger partial charge in [-0.1, -0.05) is 108 Å². The van der Waals surface area contributed by atoms with E-state index < -0.39 is 8.32 Å². The summed E-state index contributed by atoms with van der Waals surface area (Å²) in [4.78, 5) is 12.8. The van der Waals surface area contributed by atoms with Crippen LogP contribution in [0.4, 0.5) is 0 Å². The van der Waals surface area contributed by atoms with Crippen LogP contribution in [0.3, 0.4) is 0 Å². The lowest BCUT2D eigenvalue weighted by atomic mass is 9.61. The molecule has 0 amide bonds. The highest BCUT2D eigenvalue weighted by Crippen LogP contribution is 2.55. The highest BCUT2D eigenvalue weighted by molar-refractivity contribution is 6.99. The number of rotatable bonds is 6. The Labute approximate surface area is 201 Å². The molecule has 0 saturated heterocycles. The Kier molecular flexibility index (Phi) is 6.59. The van der Waals surface area contributed by atoms with Crippen LogP contribution in [-0.2, 0) is 9.22 Å². The molecule has 2 aliphatic rings. The van der Waals surface area contributed by atoms with Crippen molar-refractivity contribution in [3.8, 4) is 0 Å². The van der Waals surface area contributed by atoms with Crippen molar-refractivity contribution in [1.29, 1.82) is 0 Å². The van der Waals surface area contributed by atoms with E-state index in [2.05, 4.69) is 101 Å². The highest BCUT2D eigenvalue weighted by atomic mass is 28.4.